The van der Waals surface area contributed by atoms with E-state index in [0.717, 1.165) is 40.7 Å². The fraction of sp³-hybridized carbons (Fsp3) is 0.193. The van der Waals surface area contributed by atoms with Gasteiger partial charge in [0.25, 0.3) is 0 Å². The van der Waals surface area contributed by atoms with E-state index < -0.39 is 0 Å². The molecule has 1 heteroatoms. The van der Waals surface area contributed by atoms with E-state index in [2.05, 4.69) is 187 Å². The van der Waals surface area contributed by atoms with E-state index in [9.17, 15) is 0 Å². The van der Waals surface area contributed by atoms with Gasteiger partial charge in [0.1, 0.15) is 0 Å². The fourth-order valence-corrected chi connectivity index (χ4v) is 13.2. The molecule has 0 atom stereocenters. The highest BCUT2D eigenvalue weighted by Gasteiger charge is 2.61. The van der Waals surface area contributed by atoms with Crippen molar-refractivity contribution in [2.45, 2.75) is 43.4 Å². The standard InChI is InChI=1S/C57H45N/c1-2-10-41-34-47(27-19-38(41)9-1)58(46-25-20-40(21-26-46)56-51-14-5-3-11-48(51)49-12-4-6-15-52(49)56)45-23-17-39(18-24-45)42-22-28-55-53(35-42)50-13-7-8-16-54(50)57(55)43-30-36-29-37(32-43)33-44(57)31-36/h1-28,34-37,43-44,56H,29-33H2. The zero-order valence-electron chi connectivity index (χ0n) is 32.7. The Hall–Kier alpha value is -6.18. The van der Waals surface area contributed by atoms with E-state index in [4.69, 9.17) is 0 Å². The zero-order valence-corrected chi connectivity index (χ0v) is 32.7. The summed E-state index contributed by atoms with van der Waals surface area (Å²) in [4.78, 5) is 2.42. The molecular formula is C57H45N. The van der Waals surface area contributed by atoms with E-state index in [1.807, 2.05) is 0 Å². The predicted octanol–water partition coefficient (Wildman–Crippen LogP) is 14.9. The Morgan fingerprint density at radius 2 is 0.914 bits per heavy atom. The van der Waals surface area contributed by atoms with Gasteiger partial charge in [0.05, 0.1) is 0 Å². The Bertz CT molecular complexity index is 2840. The maximum atomic E-state index is 2.55. The third kappa shape index (κ3) is 4.65. The smallest absolute Gasteiger partial charge is 0.0468 e. The van der Waals surface area contributed by atoms with Crippen molar-refractivity contribution >= 4 is 27.8 Å². The maximum absolute atomic E-state index is 2.55. The van der Waals surface area contributed by atoms with Gasteiger partial charge in [0.15, 0.2) is 0 Å². The van der Waals surface area contributed by atoms with Gasteiger partial charge in [-0.15, -0.1) is 0 Å². The summed E-state index contributed by atoms with van der Waals surface area (Å²) in [5.74, 6) is 3.72. The van der Waals surface area contributed by atoms with Gasteiger partial charge in [0.2, 0.25) is 0 Å². The molecule has 0 aliphatic heterocycles. The van der Waals surface area contributed by atoms with Crippen LogP contribution >= 0.6 is 0 Å². The van der Waals surface area contributed by atoms with Crippen molar-refractivity contribution in [2.24, 2.45) is 23.7 Å². The summed E-state index contributed by atoms with van der Waals surface area (Å²) in [6.45, 7) is 0. The molecule has 0 radical (unpaired) electrons. The van der Waals surface area contributed by atoms with Crippen molar-refractivity contribution in [3.63, 3.8) is 0 Å². The second-order valence-electron chi connectivity index (χ2n) is 18.1. The molecule has 4 saturated carbocycles. The van der Waals surface area contributed by atoms with E-state index in [1.54, 1.807) is 11.1 Å². The van der Waals surface area contributed by atoms with Crippen LogP contribution in [0.2, 0.25) is 0 Å². The van der Waals surface area contributed by atoms with Gasteiger partial charge in [-0.25, -0.2) is 0 Å². The fourth-order valence-electron chi connectivity index (χ4n) is 13.2. The Labute approximate surface area is 341 Å². The highest BCUT2D eigenvalue weighted by Crippen LogP contribution is 2.69. The number of anilines is 3. The molecule has 0 amide bonds. The van der Waals surface area contributed by atoms with Gasteiger partial charge in [-0.3, -0.25) is 0 Å². The zero-order chi connectivity index (χ0) is 38.0. The molecule has 6 aliphatic rings. The largest absolute Gasteiger partial charge is 0.310 e. The number of rotatable bonds is 5. The van der Waals surface area contributed by atoms with E-state index >= 15 is 0 Å². The first-order valence-corrected chi connectivity index (χ1v) is 21.6. The van der Waals surface area contributed by atoms with Crippen molar-refractivity contribution in [3.8, 4) is 33.4 Å². The van der Waals surface area contributed by atoms with E-state index in [0.29, 0.717) is 0 Å². The Morgan fingerprint density at radius 1 is 0.379 bits per heavy atom. The summed E-state index contributed by atoms with van der Waals surface area (Å²) in [6.07, 6.45) is 7.16. The van der Waals surface area contributed by atoms with Crippen LogP contribution in [0, 0.1) is 23.7 Å². The van der Waals surface area contributed by atoms with E-state index in [1.165, 1.54) is 92.9 Å². The number of benzene rings is 8. The number of hydrogen-bond donors (Lipinski definition) is 0. The topological polar surface area (TPSA) is 3.24 Å². The summed E-state index contributed by atoms with van der Waals surface area (Å²) in [7, 11) is 0. The molecule has 8 aromatic rings. The first-order valence-electron chi connectivity index (χ1n) is 21.6. The number of nitrogens with zero attached hydrogens (tertiary/aromatic N) is 1. The molecule has 0 saturated heterocycles. The molecule has 8 aromatic carbocycles. The molecular weight excluding hydrogens is 699 g/mol. The second kappa shape index (κ2) is 12.4. The average Bonchev–Trinajstić information content (AvgIpc) is 3.76. The summed E-state index contributed by atoms with van der Waals surface area (Å²) in [6, 6.07) is 69.0. The Morgan fingerprint density at radius 3 is 1.60 bits per heavy atom. The number of fused-ring (bicyclic) bond motifs is 7. The molecule has 1 nitrogen and oxygen atoms in total. The lowest BCUT2D eigenvalue weighted by atomic mass is 9.43. The number of hydrogen-bond acceptors (Lipinski definition) is 1. The van der Waals surface area contributed by atoms with Gasteiger partial charge in [-0.2, -0.15) is 0 Å². The van der Waals surface area contributed by atoms with Crippen LogP contribution in [0.25, 0.3) is 44.2 Å². The minimum atomic E-state index is 0.210. The maximum Gasteiger partial charge on any atom is 0.0468 e. The Kier molecular flexibility index (Phi) is 7.03. The molecule has 0 N–H and O–H groups in total. The van der Waals surface area contributed by atoms with Gasteiger partial charge >= 0.3 is 0 Å². The molecule has 14 rings (SSSR count). The lowest BCUT2D eigenvalue weighted by Gasteiger charge is -2.61. The second-order valence-corrected chi connectivity index (χ2v) is 18.1. The molecule has 0 heterocycles. The highest BCUT2D eigenvalue weighted by molar-refractivity contribution is 5.90. The van der Waals surface area contributed by atoms with Crippen LogP contribution in [0.1, 0.15) is 65.8 Å². The normalized spacial score (nSPS) is 23.2. The summed E-state index contributed by atoms with van der Waals surface area (Å²) in [5.41, 5.74) is 19.3. The van der Waals surface area contributed by atoms with Crippen LogP contribution in [0.5, 0.6) is 0 Å². The van der Waals surface area contributed by atoms with Crippen LogP contribution < -0.4 is 4.90 Å². The third-order valence-electron chi connectivity index (χ3n) is 15.3. The molecule has 4 fully saturated rings. The summed E-state index contributed by atoms with van der Waals surface area (Å²) >= 11 is 0. The Balaban J connectivity index is 0.883. The van der Waals surface area contributed by atoms with Crippen molar-refractivity contribution in [1.82, 2.24) is 0 Å². The first kappa shape index (κ1) is 32.9. The first-order chi connectivity index (χ1) is 28.7. The molecule has 58 heavy (non-hydrogen) atoms. The van der Waals surface area contributed by atoms with Crippen LogP contribution in [-0.4, -0.2) is 0 Å². The molecule has 0 aromatic heterocycles. The van der Waals surface area contributed by atoms with Crippen molar-refractivity contribution in [1.29, 1.82) is 0 Å². The molecule has 4 bridgehead atoms. The van der Waals surface area contributed by atoms with E-state index in [-0.39, 0.29) is 11.3 Å². The monoisotopic (exact) mass is 743 g/mol. The van der Waals surface area contributed by atoms with Crippen LogP contribution in [0.3, 0.4) is 0 Å². The molecule has 6 aliphatic carbocycles. The molecule has 0 unspecified atom stereocenters. The minimum Gasteiger partial charge on any atom is -0.310 e. The van der Waals surface area contributed by atoms with Crippen LogP contribution in [-0.2, 0) is 5.41 Å². The van der Waals surface area contributed by atoms with Crippen LogP contribution in [0.4, 0.5) is 17.1 Å². The highest BCUT2D eigenvalue weighted by atomic mass is 15.1. The van der Waals surface area contributed by atoms with Gasteiger partial charge < -0.3 is 4.90 Å². The molecule has 1 spiro atoms. The van der Waals surface area contributed by atoms with Crippen molar-refractivity contribution < 1.29 is 0 Å². The lowest BCUT2D eigenvalue weighted by molar-refractivity contribution is -0.0399. The van der Waals surface area contributed by atoms with Crippen molar-refractivity contribution in [2.75, 3.05) is 4.90 Å². The van der Waals surface area contributed by atoms with Gasteiger partial charge in [-0.05, 0) is 170 Å². The van der Waals surface area contributed by atoms with Crippen LogP contribution in [0.15, 0.2) is 182 Å². The summed E-state index contributed by atoms with van der Waals surface area (Å²) < 4.78 is 0. The molecule has 278 valence electrons. The third-order valence-corrected chi connectivity index (χ3v) is 15.3. The predicted molar refractivity (Wildman–Crippen MR) is 240 cm³/mol. The van der Waals surface area contributed by atoms with Gasteiger partial charge in [0, 0.05) is 28.4 Å². The van der Waals surface area contributed by atoms with Gasteiger partial charge in [-0.1, -0.05) is 140 Å². The SMILES string of the molecule is c1ccc2c(c1)-c1ccccc1C2c1ccc(N(c2ccc(-c3ccc4c(c3)-c3ccccc3C43C4CC5CC(C4)CC3C5)cc2)c2ccc3ccccc3c2)cc1. The minimum absolute atomic E-state index is 0.210. The summed E-state index contributed by atoms with van der Waals surface area (Å²) in [5, 5.41) is 2.50. The quantitative estimate of drug-likeness (QED) is 0.170. The lowest BCUT2D eigenvalue weighted by Crippen LogP contribution is -2.55. The average molecular weight is 744 g/mol. The van der Waals surface area contributed by atoms with Crippen molar-refractivity contribution in [3.05, 3.63) is 210 Å².